The van der Waals surface area contributed by atoms with Crippen LogP contribution in [0.5, 0.6) is 0 Å². The van der Waals surface area contributed by atoms with Gasteiger partial charge in [-0.25, -0.2) is 9.97 Å². The molecule has 0 N–H and O–H groups in total. The van der Waals surface area contributed by atoms with E-state index in [1.54, 1.807) is 24.8 Å². The molecule has 0 unspecified atom stereocenters. The number of benzene rings is 8. The summed E-state index contributed by atoms with van der Waals surface area (Å²) in [5.74, 6) is 0. The van der Waals surface area contributed by atoms with E-state index in [-0.39, 0.29) is 19.5 Å². The predicted molar refractivity (Wildman–Crippen MR) is 442 cm³/mol. The average molecular weight is 1910 g/mol. The molecule has 0 spiro atoms. The summed E-state index contributed by atoms with van der Waals surface area (Å²) in [6.07, 6.45) is 7.20. The van der Waals surface area contributed by atoms with Crippen molar-refractivity contribution in [1.82, 2.24) is 29.9 Å². The Hall–Kier alpha value is -12.4. The van der Waals surface area contributed by atoms with Gasteiger partial charge in [0.2, 0.25) is 34.2 Å². The van der Waals surface area contributed by atoms with Gasteiger partial charge in [0.25, 0.3) is 0 Å². The molecule has 37 heteroatoms. The molecule has 8 aromatic carbocycles. The summed E-state index contributed by atoms with van der Waals surface area (Å²) in [4.78, 5) is 28.3. The van der Waals surface area contributed by atoms with E-state index >= 15 is 0 Å². The summed E-state index contributed by atoms with van der Waals surface area (Å²) in [6, 6.07) is 122. The summed E-state index contributed by atoms with van der Waals surface area (Å²) in [6.45, 7) is 0. The summed E-state index contributed by atoms with van der Waals surface area (Å²) in [5, 5.41) is 0. The van der Waals surface area contributed by atoms with E-state index in [1.165, 1.54) is 22.3 Å². The van der Waals surface area contributed by atoms with Gasteiger partial charge in [-0.15, -0.1) is 0 Å². The van der Waals surface area contributed by atoms with E-state index in [0.717, 1.165) is 124 Å². The van der Waals surface area contributed by atoms with Crippen molar-refractivity contribution < 1.29 is 129 Å². The normalized spacial score (nSPS) is 13.6. The molecular formula is C88H62F24N8P4Ru. The van der Waals surface area contributed by atoms with Crippen LogP contribution in [-0.4, -0.2) is 29.9 Å². The molecule has 16 rings (SSSR count). The van der Waals surface area contributed by atoms with E-state index in [0.29, 0.717) is 0 Å². The van der Waals surface area contributed by atoms with Gasteiger partial charge in [0.05, 0.1) is 45.6 Å². The van der Waals surface area contributed by atoms with Gasteiger partial charge in [-0.3, -0.25) is 19.9 Å². The van der Waals surface area contributed by atoms with Gasteiger partial charge in [0, 0.05) is 95.6 Å². The van der Waals surface area contributed by atoms with Crippen LogP contribution < -0.4 is 9.13 Å². The topological polar surface area (TPSA) is 85.1 Å². The van der Waals surface area contributed by atoms with E-state index in [9.17, 15) is 101 Å². The standard InChI is InChI=1S/2C44H31N4.4F6P.Ru/c2*1-4-14-32(15-5-1)37-30-43(34-16-6-2-7-17-34)48(44(31-37)35-18-8-3-9-19-35)38-24-22-33(23-25-38)36-28-41(39-20-10-12-26-45-39)47-42(29-36)40-21-11-13-27-46-40;4*1-7(2,3,4,5)6;/h2*1-31H;;;;;/q2*+1;4*-1;+2. The minimum atomic E-state index is -10.7. The molecule has 125 heavy (non-hydrogen) atoms. The third kappa shape index (κ3) is 33.7. The number of nitrogens with zero attached hydrogens (tertiary/aromatic N) is 8. The maximum atomic E-state index is 9.87. The van der Waals surface area contributed by atoms with Crippen molar-refractivity contribution in [3.63, 3.8) is 0 Å². The Labute approximate surface area is 709 Å². The van der Waals surface area contributed by atoms with Gasteiger partial charge in [-0.05, 0) is 190 Å². The Morgan fingerprint density at radius 1 is 0.160 bits per heavy atom. The fraction of sp³-hybridized carbons (Fsp3) is 0. The van der Waals surface area contributed by atoms with Gasteiger partial charge in [-0.2, -0.15) is 9.13 Å². The van der Waals surface area contributed by atoms with Crippen molar-refractivity contribution in [2.24, 2.45) is 0 Å². The Balaban J connectivity index is 0.000000199. The largest absolute Gasteiger partial charge is 2.00 e. The number of hydrogen-bond donors (Lipinski definition) is 0. The van der Waals surface area contributed by atoms with Crippen LogP contribution in [0.25, 0.3) is 146 Å². The first-order valence-corrected chi connectivity index (χ1v) is 44.2. The minimum Gasteiger partial charge on any atom is -0.255 e. The molecule has 0 aliphatic heterocycles. The second-order valence-electron chi connectivity index (χ2n) is 26.9. The zero-order chi connectivity index (χ0) is 89.9. The zero-order valence-corrected chi connectivity index (χ0v) is 68.9. The van der Waals surface area contributed by atoms with Crippen LogP contribution >= 0.6 is 31.2 Å². The van der Waals surface area contributed by atoms with Gasteiger partial charge in [-0.1, -0.05) is 158 Å². The molecular weight excluding hydrogens is 1850 g/mol. The molecule has 16 aromatic rings. The molecule has 0 atom stereocenters. The summed E-state index contributed by atoms with van der Waals surface area (Å²) in [7, 11) is -42.6. The number of rotatable bonds is 14. The van der Waals surface area contributed by atoms with Crippen LogP contribution in [-0.2, 0) is 19.5 Å². The number of pyridine rings is 8. The van der Waals surface area contributed by atoms with E-state index in [1.807, 2.05) is 72.8 Å². The van der Waals surface area contributed by atoms with Gasteiger partial charge >= 0.3 is 151 Å². The summed E-state index contributed by atoms with van der Waals surface area (Å²) in [5.41, 5.74) is 26.6. The van der Waals surface area contributed by atoms with Crippen molar-refractivity contribution in [3.8, 4) is 146 Å². The van der Waals surface area contributed by atoms with Gasteiger partial charge in [0.15, 0.2) is 0 Å². The first-order valence-electron chi connectivity index (χ1n) is 36.1. The van der Waals surface area contributed by atoms with Crippen molar-refractivity contribution in [1.29, 1.82) is 0 Å². The minimum absolute atomic E-state index is 0. The van der Waals surface area contributed by atoms with E-state index in [2.05, 4.69) is 308 Å². The number of halogens is 24. The Morgan fingerprint density at radius 3 is 0.496 bits per heavy atom. The number of aromatic nitrogens is 8. The fourth-order valence-electron chi connectivity index (χ4n) is 12.2. The molecule has 0 radical (unpaired) electrons. The molecule has 0 aliphatic rings. The monoisotopic (exact) mass is 1910 g/mol. The maximum Gasteiger partial charge on any atom is 2.00 e. The molecule has 650 valence electrons. The van der Waals surface area contributed by atoms with E-state index in [4.69, 9.17) is 9.97 Å². The first-order chi connectivity index (χ1) is 57.4. The molecule has 0 saturated heterocycles. The fourth-order valence-corrected chi connectivity index (χ4v) is 12.2. The quantitative estimate of drug-likeness (QED) is 0.0467. The van der Waals surface area contributed by atoms with Gasteiger partial charge in [0.1, 0.15) is 0 Å². The second-order valence-corrected chi connectivity index (χ2v) is 34.6. The molecule has 0 amide bonds. The SMILES string of the molecule is F[P-](F)(F)(F)(F)F.F[P-](F)(F)(F)(F)F.F[P-](F)(F)(F)(F)F.F[P-](F)(F)(F)(F)F.[Ru+2].c1ccc(-c2cc(-c3ccccc3)[n+](-c3ccc(-c4cc(-c5ccccn5)nc(-c5ccccn5)c4)cc3)c(-c3ccccc3)c2)cc1.c1ccc(-c2cc(-c3ccccc3)[n+](-c3ccc(-c4cc(-c5ccccn5)nc(-c5ccccn5)c4)cc3)c(-c3ccccc3)c2)cc1. The number of hydrogen-bond acceptors (Lipinski definition) is 6. The van der Waals surface area contributed by atoms with Crippen LogP contribution in [0.1, 0.15) is 0 Å². The van der Waals surface area contributed by atoms with Crippen molar-refractivity contribution in [3.05, 3.63) is 377 Å². The molecule has 8 nitrogen and oxygen atoms in total. The van der Waals surface area contributed by atoms with Crippen LogP contribution in [0, 0.1) is 0 Å². The molecule has 0 bridgehead atoms. The van der Waals surface area contributed by atoms with Crippen molar-refractivity contribution >= 4 is 31.2 Å². The van der Waals surface area contributed by atoms with Crippen LogP contribution in [0.4, 0.5) is 101 Å². The third-order valence-electron chi connectivity index (χ3n) is 16.9. The predicted octanol–water partition coefficient (Wildman–Crippen LogP) is 33.8. The molecule has 0 aliphatic carbocycles. The van der Waals surface area contributed by atoms with Crippen LogP contribution in [0.2, 0.25) is 0 Å². The maximum absolute atomic E-state index is 10.7. The Morgan fingerprint density at radius 2 is 0.320 bits per heavy atom. The molecule has 8 aromatic heterocycles. The summed E-state index contributed by atoms with van der Waals surface area (Å²) < 4.78 is 242. The van der Waals surface area contributed by atoms with Crippen molar-refractivity contribution in [2.45, 2.75) is 0 Å². The summed E-state index contributed by atoms with van der Waals surface area (Å²) >= 11 is 0. The Bertz CT molecular complexity index is 5640. The average Bonchev–Trinajstić information content (AvgIpc) is 0.762. The smallest absolute Gasteiger partial charge is 0.255 e. The van der Waals surface area contributed by atoms with Crippen LogP contribution in [0.3, 0.4) is 0 Å². The zero-order valence-electron chi connectivity index (χ0n) is 63.6. The third-order valence-corrected chi connectivity index (χ3v) is 16.9. The molecule has 0 fully saturated rings. The molecule has 0 saturated carbocycles. The van der Waals surface area contributed by atoms with Crippen LogP contribution in [0.15, 0.2) is 377 Å². The van der Waals surface area contributed by atoms with Gasteiger partial charge < -0.3 is 0 Å². The van der Waals surface area contributed by atoms with E-state index < -0.39 is 31.2 Å². The van der Waals surface area contributed by atoms with Crippen molar-refractivity contribution in [2.75, 3.05) is 0 Å². The Kier molecular flexibility index (Phi) is 26.0. The second kappa shape index (κ2) is 34.3. The molecule has 8 heterocycles. The first kappa shape index (κ1) is 94.9.